The SMILES string of the molecule is N#Cc1ccc(C=Cc2ccc3ccccc3n2)cc1. The monoisotopic (exact) mass is 256 g/mol. The van der Waals surface area contributed by atoms with E-state index in [1.54, 1.807) is 0 Å². The maximum absolute atomic E-state index is 8.76. The van der Waals surface area contributed by atoms with Gasteiger partial charge in [-0.3, -0.25) is 0 Å². The minimum atomic E-state index is 0.672. The van der Waals surface area contributed by atoms with Crippen molar-refractivity contribution >= 4 is 23.1 Å². The first kappa shape index (κ1) is 12.1. The number of aromatic nitrogens is 1. The number of nitriles is 1. The number of hydrogen-bond acceptors (Lipinski definition) is 2. The Balaban J connectivity index is 1.88. The summed E-state index contributed by atoms with van der Waals surface area (Å²) in [5, 5.41) is 9.90. The lowest BCUT2D eigenvalue weighted by molar-refractivity contribution is 1.37. The minimum absolute atomic E-state index is 0.672. The summed E-state index contributed by atoms with van der Waals surface area (Å²) < 4.78 is 0. The summed E-state index contributed by atoms with van der Waals surface area (Å²) in [5.41, 5.74) is 3.65. The Morgan fingerprint density at radius 1 is 0.850 bits per heavy atom. The van der Waals surface area contributed by atoms with Crippen molar-refractivity contribution in [2.75, 3.05) is 0 Å². The van der Waals surface area contributed by atoms with Gasteiger partial charge in [0.2, 0.25) is 0 Å². The van der Waals surface area contributed by atoms with Gasteiger partial charge in [-0.1, -0.05) is 42.5 Å². The zero-order valence-electron chi connectivity index (χ0n) is 10.8. The summed E-state index contributed by atoms with van der Waals surface area (Å²) >= 11 is 0. The van der Waals surface area contributed by atoms with Crippen LogP contribution in [0.25, 0.3) is 23.1 Å². The first-order valence-electron chi connectivity index (χ1n) is 6.39. The zero-order valence-corrected chi connectivity index (χ0v) is 10.8. The molecule has 94 valence electrons. The topological polar surface area (TPSA) is 36.7 Å². The molecule has 0 unspecified atom stereocenters. The molecule has 0 saturated carbocycles. The Morgan fingerprint density at radius 2 is 1.65 bits per heavy atom. The van der Waals surface area contributed by atoms with Gasteiger partial charge in [-0.2, -0.15) is 5.26 Å². The molecule has 0 bridgehead atoms. The van der Waals surface area contributed by atoms with Gasteiger partial charge < -0.3 is 0 Å². The van der Waals surface area contributed by atoms with Crippen LogP contribution in [-0.4, -0.2) is 4.98 Å². The van der Waals surface area contributed by atoms with E-state index >= 15 is 0 Å². The third-order valence-electron chi connectivity index (χ3n) is 3.11. The van der Waals surface area contributed by atoms with Crippen LogP contribution in [0.5, 0.6) is 0 Å². The van der Waals surface area contributed by atoms with E-state index in [9.17, 15) is 0 Å². The Labute approximate surface area is 117 Å². The van der Waals surface area contributed by atoms with Crippen molar-refractivity contribution in [3.8, 4) is 6.07 Å². The van der Waals surface area contributed by atoms with E-state index < -0.39 is 0 Å². The van der Waals surface area contributed by atoms with Crippen LogP contribution in [-0.2, 0) is 0 Å². The first-order chi connectivity index (χ1) is 9.85. The van der Waals surface area contributed by atoms with Crippen LogP contribution in [0.4, 0.5) is 0 Å². The Hall–Kier alpha value is -2.92. The molecule has 3 rings (SSSR count). The summed E-state index contributed by atoms with van der Waals surface area (Å²) in [6.07, 6.45) is 3.98. The fourth-order valence-electron chi connectivity index (χ4n) is 2.02. The predicted octanol–water partition coefficient (Wildman–Crippen LogP) is 4.28. The molecule has 0 spiro atoms. The molecule has 0 atom stereocenters. The quantitative estimate of drug-likeness (QED) is 0.686. The zero-order chi connectivity index (χ0) is 13.8. The van der Waals surface area contributed by atoms with Crippen molar-refractivity contribution in [1.82, 2.24) is 4.98 Å². The van der Waals surface area contributed by atoms with Gasteiger partial charge >= 0.3 is 0 Å². The molecular formula is C18H12N2. The number of hydrogen-bond donors (Lipinski definition) is 0. The summed E-state index contributed by atoms with van der Waals surface area (Å²) in [7, 11) is 0. The van der Waals surface area contributed by atoms with Crippen molar-refractivity contribution in [2.45, 2.75) is 0 Å². The van der Waals surface area contributed by atoms with Gasteiger partial charge in [0.15, 0.2) is 0 Å². The molecule has 1 heterocycles. The van der Waals surface area contributed by atoms with Gasteiger partial charge in [0.1, 0.15) is 0 Å². The number of rotatable bonds is 2. The standard InChI is InChI=1S/C18H12N2/c19-13-15-7-5-14(6-8-15)9-11-17-12-10-16-3-1-2-4-18(16)20-17/h1-12H. The smallest absolute Gasteiger partial charge is 0.0991 e. The normalized spacial score (nSPS) is 10.8. The number of para-hydroxylation sites is 1. The molecule has 0 saturated heterocycles. The van der Waals surface area contributed by atoms with Gasteiger partial charge in [-0.05, 0) is 35.9 Å². The van der Waals surface area contributed by atoms with Crippen molar-refractivity contribution in [3.63, 3.8) is 0 Å². The Morgan fingerprint density at radius 3 is 2.45 bits per heavy atom. The lowest BCUT2D eigenvalue weighted by Gasteiger charge is -1.98. The molecule has 0 radical (unpaired) electrons. The summed E-state index contributed by atoms with van der Waals surface area (Å²) in [6, 6.07) is 21.7. The van der Waals surface area contributed by atoms with E-state index in [-0.39, 0.29) is 0 Å². The number of fused-ring (bicyclic) bond motifs is 1. The predicted molar refractivity (Wildman–Crippen MR) is 81.8 cm³/mol. The molecule has 0 fully saturated rings. The van der Waals surface area contributed by atoms with E-state index in [0.29, 0.717) is 5.56 Å². The van der Waals surface area contributed by atoms with E-state index in [1.807, 2.05) is 60.7 Å². The molecule has 2 heteroatoms. The van der Waals surface area contributed by atoms with Gasteiger partial charge in [0.05, 0.1) is 22.8 Å². The molecule has 1 aromatic heterocycles. The summed E-state index contributed by atoms with van der Waals surface area (Å²) in [6.45, 7) is 0. The minimum Gasteiger partial charge on any atom is -0.248 e. The number of pyridine rings is 1. The molecule has 0 aliphatic heterocycles. The molecule has 20 heavy (non-hydrogen) atoms. The number of nitrogens with zero attached hydrogens (tertiary/aromatic N) is 2. The van der Waals surface area contributed by atoms with Crippen molar-refractivity contribution in [3.05, 3.63) is 77.5 Å². The summed E-state index contributed by atoms with van der Waals surface area (Å²) in [4.78, 5) is 4.58. The molecule has 0 N–H and O–H groups in total. The van der Waals surface area contributed by atoms with Crippen molar-refractivity contribution in [1.29, 1.82) is 5.26 Å². The fraction of sp³-hybridized carbons (Fsp3) is 0. The van der Waals surface area contributed by atoms with Crippen LogP contribution in [0.2, 0.25) is 0 Å². The van der Waals surface area contributed by atoms with Crippen LogP contribution in [0.3, 0.4) is 0 Å². The van der Waals surface area contributed by atoms with E-state index in [4.69, 9.17) is 5.26 Å². The lowest BCUT2D eigenvalue weighted by Crippen LogP contribution is -1.82. The van der Waals surface area contributed by atoms with Gasteiger partial charge in [0, 0.05) is 5.39 Å². The average molecular weight is 256 g/mol. The second kappa shape index (κ2) is 5.38. The Kier molecular flexibility index (Phi) is 3.26. The fourth-order valence-corrected chi connectivity index (χ4v) is 2.02. The van der Waals surface area contributed by atoms with Crippen LogP contribution in [0.1, 0.15) is 16.8 Å². The van der Waals surface area contributed by atoms with E-state index in [0.717, 1.165) is 22.2 Å². The molecule has 0 aliphatic rings. The highest BCUT2D eigenvalue weighted by Gasteiger charge is 1.95. The molecule has 2 aromatic carbocycles. The third kappa shape index (κ3) is 2.57. The second-order valence-electron chi connectivity index (χ2n) is 4.50. The second-order valence-corrected chi connectivity index (χ2v) is 4.50. The first-order valence-corrected chi connectivity index (χ1v) is 6.39. The van der Waals surface area contributed by atoms with Crippen molar-refractivity contribution in [2.24, 2.45) is 0 Å². The van der Waals surface area contributed by atoms with Gasteiger partial charge in [-0.25, -0.2) is 4.98 Å². The molecule has 0 aliphatic carbocycles. The molecule has 3 aromatic rings. The van der Waals surface area contributed by atoms with E-state index in [2.05, 4.69) is 23.2 Å². The van der Waals surface area contributed by atoms with Crippen LogP contribution in [0.15, 0.2) is 60.7 Å². The van der Waals surface area contributed by atoms with Gasteiger partial charge in [-0.15, -0.1) is 0 Å². The van der Waals surface area contributed by atoms with Gasteiger partial charge in [0.25, 0.3) is 0 Å². The molecule has 2 nitrogen and oxygen atoms in total. The highest BCUT2D eigenvalue weighted by atomic mass is 14.7. The maximum atomic E-state index is 8.76. The highest BCUT2D eigenvalue weighted by Crippen LogP contribution is 2.14. The highest BCUT2D eigenvalue weighted by molar-refractivity contribution is 5.80. The van der Waals surface area contributed by atoms with Crippen LogP contribution in [0, 0.1) is 11.3 Å². The van der Waals surface area contributed by atoms with Crippen LogP contribution < -0.4 is 0 Å². The van der Waals surface area contributed by atoms with E-state index in [1.165, 1.54) is 0 Å². The maximum Gasteiger partial charge on any atom is 0.0991 e. The number of benzene rings is 2. The van der Waals surface area contributed by atoms with Crippen molar-refractivity contribution < 1.29 is 0 Å². The average Bonchev–Trinajstić information content (AvgIpc) is 2.53. The Bertz CT molecular complexity index is 809. The molecule has 0 amide bonds. The summed E-state index contributed by atoms with van der Waals surface area (Å²) in [5.74, 6) is 0. The lowest BCUT2D eigenvalue weighted by atomic mass is 10.1. The third-order valence-corrected chi connectivity index (χ3v) is 3.11. The van der Waals surface area contributed by atoms with Crippen LogP contribution >= 0.6 is 0 Å². The molecular weight excluding hydrogens is 244 g/mol. The largest absolute Gasteiger partial charge is 0.248 e.